The third-order valence-corrected chi connectivity index (χ3v) is 6.71. The SMILES string of the molecule is N#Cc1c(CSc2nnc(Cc3cccs3)n2-c2ccccc2)cn2ccccc12. The first-order valence-electron chi connectivity index (χ1n) is 9.47. The predicted molar refractivity (Wildman–Crippen MR) is 120 cm³/mol. The number of para-hydroxylation sites is 1. The van der Waals surface area contributed by atoms with Crippen molar-refractivity contribution in [2.75, 3.05) is 0 Å². The van der Waals surface area contributed by atoms with Gasteiger partial charge in [0.05, 0.1) is 11.1 Å². The summed E-state index contributed by atoms with van der Waals surface area (Å²) in [5, 5.41) is 21.6. The number of nitriles is 1. The van der Waals surface area contributed by atoms with E-state index in [-0.39, 0.29) is 0 Å². The largest absolute Gasteiger partial charge is 0.322 e. The number of hydrogen-bond donors (Lipinski definition) is 0. The van der Waals surface area contributed by atoms with Gasteiger partial charge in [-0.2, -0.15) is 5.26 Å². The van der Waals surface area contributed by atoms with Crippen molar-refractivity contribution in [3.05, 3.63) is 100 Å². The van der Waals surface area contributed by atoms with Crippen LogP contribution in [0, 0.1) is 11.3 Å². The minimum atomic E-state index is 0.647. The van der Waals surface area contributed by atoms with E-state index in [0.717, 1.165) is 34.2 Å². The second-order valence-electron chi connectivity index (χ2n) is 6.75. The Hall–Kier alpha value is -3.34. The van der Waals surface area contributed by atoms with E-state index in [1.54, 1.807) is 23.1 Å². The van der Waals surface area contributed by atoms with Crippen LogP contribution in [0.5, 0.6) is 0 Å². The molecule has 5 rings (SSSR count). The van der Waals surface area contributed by atoms with E-state index in [2.05, 4.69) is 50.5 Å². The van der Waals surface area contributed by atoms with E-state index >= 15 is 0 Å². The molecule has 0 unspecified atom stereocenters. The first kappa shape index (κ1) is 18.7. The maximum Gasteiger partial charge on any atom is 0.196 e. The molecule has 0 atom stereocenters. The lowest BCUT2D eigenvalue weighted by Crippen LogP contribution is -2.03. The molecule has 0 saturated heterocycles. The summed E-state index contributed by atoms with van der Waals surface area (Å²) in [5.41, 5.74) is 3.68. The molecule has 4 aromatic heterocycles. The smallest absolute Gasteiger partial charge is 0.196 e. The van der Waals surface area contributed by atoms with Gasteiger partial charge in [-0.1, -0.05) is 42.1 Å². The lowest BCUT2D eigenvalue weighted by molar-refractivity contribution is 0.851. The molecule has 0 N–H and O–H groups in total. The van der Waals surface area contributed by atoms with Crippen LogP contribution in [0.4, 0.5) is 0 Å². The van der Waals surface area contributed by atoms with Crippen molar-refractivity contribution in [3.63, 3.8) is 0 Å². The number of nitrogens with zero attached hydrogens (tertiary/aromatic N) is 5. The number of thiophene rings is 1. The van der Waals surface area contributed by atoms with Gasteiger partial charge in [0.25, 0.3) is 0 Å². The molecule has 0 saturated carbocycles. The molecule has 146 valence electrons. The van der Waals surface area contributed by atoms with Crippen LogP contribution in [0.3, 0.4) is 0 Å². The van der Waals surface area contributed by atoms with Gasteiger partial charge in [-0.3, -0.25) is 4.57 Å². The number of fused-ring (bicyclic) bond motifs is 1. The maximum atomic E-state index is 9.68. The maximum absolute atomic E-state index is 9.68. The highest BCUT2D eigenvalue weighted by atomic mass is 32.2. The van der Waals surface area contributed by atoms with Crippen LogP contribution in [-0.2, 0) is 12.2 Å². The summed E-state index contributed by atoms with van der Waals surface area (Å²) in [7, 11) is 0. The molecule has 0 aliphatic rings. The zero-order valence-corrected chi connectivity index (χ0v) is 17.6. The quantitative estimate of drug-likeness (QED) is 0.343. The Kier molecular flexibility index (Phi) is 5.10. The summed E-state index contributed by atoms with van der Waals surface area (Å²) in [6.07, 6.45) is 4.73. The highest BCUT2D eigenvalue weighted by Gasteiger charge is 2.17. The molecule has 5 nitrogen and oxygen atoms in total. The van der Waals surface area contributed by atoms with Gasteiger partial charge in [0.1, 0.15) is 11.9 Å². The van der Waals surface area contributed by atoms with Crippen LogP contribution in [0.1, 0.15) is 21.8 Å². The van der Waals surface area contributed by atoms with Crippen LogP contribution in [-0.4, -0.2) is 19.2 Å². The third kappa shape index (κ3) is 3.52. The zero-order chi connectivity index (χ0) is 20.3. The van der Waals surface area contributed by atoms with E-state index in [9.17, 15) is 5.26 Å². The van der Waals surface area contributed by atoms with Gasteiger partial charge in [0, 0.05) is 35.1 Å². The zero-order valence-electron chi connectivity index (χ0n) is 16.0. The molecule has 0 radical (unpaired) electrons. The highest BCUT2D eigenvalue weighted by Crippen LogP contribution is 2.29. The van der Waals surface area contributed by atoms with Crippen LogP contribution in [0.15, 0.2) is 83.6 Å². The summed E-state index contributed by atoms with van der Waals surface area (Å²) in [4.78, 5) is 1.25. The topological polar surface area (TPSA) is 58.9 Å². The molecule has 5 aromatic rings. The van der Waals surface area contributed by atoms with E-state index in [1.165, 1.54) is 4.88 Å². The second kappa shape index (κ2) is 8.19. The molecule has 0 fully saturated rings. The summed E-state index contributed by atoms with van der Waals surface area (Å²) < 4.78 is 4.12. The van der Waals surface area contributed by atoms with Gasteiger partial charge >= 0.3 is 0 Å². The van der Waals surface area contributed by atoms with Gasteiger partial charge < -0.3 is 4.40 Å². The molecule has 0 spiro atoms. The van der Waals surface area contributed by atoms with E-state index in [1.807, 2.05) is 53.2 Å². The van der Waals surface area contributed by atoms with Crippen molar-refractivity contribution in [1.29, 1.82) is 5.26 Å². The lowest BCUT2D eigenvalue weighted by atomic mass is 10.2. The Bertz CT molecular complexity index is 1330. The summed E-state index contributed by atoms with van der Waals surface area (Å²) in [5.74, 6) is 1.56. The average Bonchev–Trinajstić information content (AvgIpc) is 3.51. The minimum Gasteiger partial charge on any atom is -0.322 e. The van der Waals surface area contributed by atoms with Gasteiger partial charge in [-0.25, -0.2) is 0 Å². The fourth-order valence-electron chi connectivity index (χ4n) is 3.47. The summed E-state index contributed by atoms with van der Waals surface area (Å²) in [6.45, 7) is 0. The molecular weight excluding hydrogens is 410 g/mol. The van der Waals surface area contributed by atoms with Crippen LogP contribution >= 0.6 is 23.1 Å². The third-order valence-electron chi connectivity index (χ3n) is 4.86. The molecule has 0 amide bonds. The molecular formula is C23H17N5S2. The van der Waals surface area contributed by atoms with Crippen molar-refractivity contribution >= 4 is 28.6 Å². The Morgan fingerprint density at radius 3 is 2.67 bits per heavy atom. The monoisotopic (exact) mass is 427 g/mol. The van der Waals surface area contributed by atoms with Crippen LogP contribution in [0.25, 0.3) is 11.2 Å². The van der Waals surface area contributed by atoms with Crippen molar-refractivity contribution in [2.45, 2.75) is 17.3 Å². The van der Waals surface area contributed by atoms with E-state index in [4.69, 9.17) is 0 Å². The van der Waals surface area contributed by atoms with E-state index < -0.39 is 0 Å². The Balaban J connectivity index is 1.49. The van der Waals surface area contributed by atoms with Crippen LogP contribution < -0.4 is 0 Å². The second-order valence-corrected chi connectivity index (χ2v) is 8.72. The standard InChI is InChI=1S/C23H17N5S2/c24-14-20-17(15-27-11-5-4-10-21(20)27)16-30-23-26-25-22(13-19-9-6-12-29-19)28(23)18-7-2-1-3-8-18/h1-12,15H,13,16H2. The van der Waals surface area contributed by atoms with Gasteiger partial charge in [-0.05, 0) is 41.3 Å². The van der Waals surface area contributed by atoms with Crippen molar-refractivity contribution in [3.8, 4) is 11.8 Å². The van der Waals surface area contributed by atoms with Crippen molar-refractivity contribution < 1.29 is 0 Å². The molecule has 1 aromatic carbocycles. The average molecular weight is 428 g/mol. The number of pyridine rings is 1. The first-order chi connectivity index (χ1) is 14.8. The fourth-order valence-corrected chi connectivity index (χ4v) is 5.12. The number of benzene rings is 1. The highest BCUT2D eigenvalue weighted by molar-refractivity contribution is 7.98. The molecule has 0 bridgehead atoms. The van der Waals surface area contributed by atoms with E-state index in [0.29, 0.717) is 11.3 Å². The van der Waals surface area contributed by atoms with Gasteiger partial charge in [0.2, 0.25) is 0 Å². The fraction of sp³-hybridized carbons (Fsp3) is 0.0870. The molecule has 4 heterocycles. The minimum absolute atomic E-state index is 0.647. The molecule has 0 aliphatic heterocycles. The van der Waals surface area contributed by atoms with Crippen LogP contribution in [0.2, 0.25) is 0 Å². The Labute approximate surface area is 182 Å². The van der Waals surface area contributed by atoms with Crippen molar-refractivity contribution in [2.24, 2.45) is 0 Å². The van der Waals surface area contributed by atoms with Crippen molar-refractivity contribution in [1.82, 2.24) is 19.2 Å². The lowest BCUT2D eigenvalue weighted by Gasteiger charge is -2.09. The van der Waals surface area contributed by atoms with Gasteiger partial charge in [-0.15, -0.1) is 21.5 Å². The number of aromatic nitrogens is 4. The number of rotatable bonds is 6. The predicted octanol–water partition coefficient (Wildman–Crippen LogP) is 5.34. The summed E-state index contributed by atoms with van der Waals surface area (Å²) >= 11 is 3.32. The molecule has 30 heavy (non-hydrogen) atoms. The Morgan fingerprint density at radius 2 is 1.87 bits per heavy atom. The number of thioether (sulfide) groups is 1. The number of hydrogen-bond acceptors (Lipinski definition) is 5. The van der Waals surface area contributed by atoms with Gasteiger partial charge in [0.15, 0.2) is 5.16 Å². The normalized spacial score (nSPS) is 11.0. The Morgan fingerprint density at radius 1 is 1.00 bits per heavy atom. The molecule has 0 aliphatic carbocycles. The summed E-state index contributed by atoms with van der Waals surface area (Å²) in [6, 6.07) is 22.6. The molecule has 7 heteroatoms. The first-order valence-corrected chi connectivity index (χ1v) is 11.3.